The summed E-state index contributed by atoms with van der Waals surface area (Å²) in [5.74, 6) is -0.266. The average molecular weight is 266 g/mol. The number of furan rings is 1. The highest BCUT2D eigenvalue weighted by atomic mass is 16.4. The van der Waals surface area contributed by atoms with Crippen molar-refractivity contribution in [3.8, 4) is 0 Å². The molecule has 1 aromatic heterocycles. The Kier molecular flexibility index (Phi) is 4.27. The van der Waals surface area contributed by atoms with Crippen LogP contribution in [0.5, 0.6) is 0 Å². The van der Waals surface area contributed by atoms with Gasteiger partial charge >= 0.3 is 5.97 Å². The normalized spacial score (nSPS) is 24.1. The minimum absolute atomic E-state index is 0.0152. The van der Waals surface area contributed by atoms with Gasteiger partial charge in [-0.15, -0.1) is 0 Å². The van der Waals surface area contributed by atoms with Crippen LogP contribution in [0.15, 0.2) is 16.5 Å². The van der Waals surface area contributed by atoms with E-state index in [1.54, 1.807) is 6.07 Å². The molecule has 0 aromatic carbocycles. The number of nitrogens with zero attached hydrogens (tertiary/aromatic N) is 2. The van der Waals surface area contributed by atoms with Crippen LogP contribution in [0.1, 0.15) is 42.6 Å². The fraction of sp³-hybridized carbons (Fsp3) is 0.643. The van der Waals surface area contributed by atoms with Crippen molar-refractivity contribution >= 4 is 5.97 Å². The van der Waals surface area contributed by atoms with Crippen LogP contribution in [-0.2, 0) is 0 Å². The van der Waals surface area contributed by atoms with Gasteiger partial charge in [0.15, 0.2) is 0 Å². The Morgan fingerprint density at radius 3 is 2.84 bits per heavy atom. The van der Waals surface area contributed by atoms with Crippen LogP contribution in [0.3, 0.4) is 0 Å². The van der Waals surface area contributed by atoms with Gasteiger partial charge in [0.05, 0.1) is 6.04 Å². The number of hydrogen-bond donors (Lipinski definition) is 1. The van der Waals surface area contributed by atoms with Crippen molar-refractivity contribution in [2.45, 2.75) is 32.4 Å². The molecule has 2 heterocycles. The van der Waals surface area contributed by atoms with Gasteiger partial charge in [0.2, 0.25) is 5.76 Å². The van der Waals surface area contributed by atoms with Crippen molar-refractivity contribution in [2.24, 2.45) is 0 Å². The molecule has 1 fully saturated rings. The zero-order valence-electron chi connectivity index (χ0n) is 11.8. The van der Waals surface area contributed by atoms with Gasteiger partial charge < -0.3 is 14.4 Å². The Balaban J connectivity index is 2.12. The summed E-state index contributed by atoms with van der Waals surface area (Å²) in [5.41, 5.74) is 0. The highest BCUT2D eigenvalue weighted by Crippen LogP contribution is 2.26. The third-order valence-corrected chi connectivity index (χ3v) is 3.84. The summed E-state index contributed by atoms with van der Waals surface area (Å²) < 4.78 is 5.42. The van der Waals surface area contributed by atoms with Gasteiger partial charge in [-0.1, -0.05) is 0 Å². The number of carbonyl (C=O) groups is 1. The van der Waals surface area contributed by atoms with E-state index in [9.17, 15) is 4.79 Å². The predicted octanol–water partition coefficient (Wildman–Crippen LogP) is 2.06. The first-order chi connectivity index (χ1) is 8.99. The van der Waals surface area contributed by atoms with E-state index in [1.165, 1.54) is 6.07 Å². The number of aromatic carboxylic acids is 1. The zero-order valence-corrected chi connectivity index (χ0v) is 11.8. The quantitative estimate of drug-likeness (QED) is 0.907. The van der Waals surface area contributed by atoms with E-state index in [2.05, 4.69) is 30.7 Å². The molecule has 0 radical (unpaired) electrons. The second kappa shape index (κ2) is 5.75. The Morgan fingerprint density at radius 2 is 2.21 bits per heavy atom. The van der Waals surface area contributed by atoms with E-state index in [1.807, 2.05) is 0 Å². The summed E-state index contributed by atoms with van der Waals surface area (Å²) in [4.78, 5) is 15.6. The summed E-state index contributed by atoms with van der Waals surface area (Å²) >= 11 is 0. The molecule has 2 rings (SSSR count). The van der Waals surface area contributed by atoms with Crippen molar-refractivity contribution in [3.05, 3.63) is 23.7 Å². The third kappa shape index (κ3) is 3.16. The minimum atomic E-state index is -1.01. The Bertz CT molecular complexity index is 444. The number of carboxylic acids is 1. The van der Waals surface area contributed by atoms with Crippen LogP contribution in [0.25, 0.3) is 0 Å². The summed E-state index contributed by atoms with van der Waals surface area (Å²) in [6, 6.07) is 3.84. The van der Waals surface area contributed by atoms with Crippen LogP contribution in [-0.4, -0.2) is 53.6 Å². The topological polar surface area (TPSA) is 56.9 Å². The highest BCUT2D eigenvalue weighted by Gasteiger charge is 2.27. The zero-order chi connectivity index (χ0) is 14.0. The maximum atomic E-state index is 10.9. The summed E-state index contributed by atoms with van der Waals surface area (Å²) in [7, 11) is 2.14. The summed E-state index contributed by atoms with van der Waals surface area (Å²) in [6.45, 7) is 7.42. The van der Waals surface area contributed by atoms with Crippen molar-refractivity contribution in [1.82, 2.24) is 9.80 Å². The van der Waals surface area contributed by atoms with E-state index < -0.39 is 5.97 Å². The lowest BCUT2D eigenvalue weighted by Crippen LogP contribution is -2.39. The van der Waals surface area contributed by atoms with Gasteiger partial charge in [-0.2, -0.15) is 0 Å². The molecule has 5 heteroatoms. The Labute approximate surface area is 113 Å². The molecule has 1 saturated heterocycles. The fourth-order valence-corrected chi connectivity index (χ4v) is 2.82. The Hall–Kier alpha value is -1.33. The monoisotopic (exact) mass is 266 g/mol. The number of hydrogen-bond acceptors (Lipinski definition) is 4. The van der Waals surface area contributed by atoms with Gasteiger partial charge in [-0.25, -0.2) is 4.79 Å². The summed E-state index contributed by atoms with van der Waals surface area (Å²) in [5, 5.41) is 8.91. The molecule has 1 aliphatic heterocycles. The first-order valence-electron chi connectivity index (χ1n) is 6.76. The Morgan fingerprint density at radius 1 is 1.47 bits per heavy atom. The second-order valence-electron chi connectivity index (χ2n) is 5.39. The lowest BCUT2D eigenvalue weighted by Gasteiger charge is -2.32. The molecule has 2 unspecified atom stereocenters. The van der Waals surface area contributed by atoms with Gasteiger partial charge in [-0.3, -0.25) is 4.90 Å². The largest absolute Gasteiger partial charge is 0.475 e. The molecule has 1 N–H and O–H groups in total. The first-order valence-corrected chi connectivity index (χ1v) is 6.76. The minimum Gasteiger partial charge on any atom is -0.475 e. The molecule has 0 aliphatic carbocycles. The second-order valence-corrected chi connectivity index (χ2v) is 5.39. The van der Waals surface area contributed by atoms with E-state index in [-0.39, 0.29) is 11.8 Å². The van der Waals surface area contributed by atoms with Crippen molar-refractivity contribution < 1.29 is 14.3 Å². The van der Waals surface area contributed by atoms with E-state index in [0.717, 1.165) is 31.8 Å². The maximum Gasteiger partial charge on any atom is 0.371 e. The first kappa shape index (κ1) is 14.1. The third-order valence-electron chi connectivity index (χ3n) is 3.84. The molecule has 0 amide bonds. The van der Waals surface area contributed by atoms with Crippen LogP contribution in [0.2, 0.25) is 0 Å². The standard InChI is InChI=1S/C14H22N2O3/c1-10-9-15(3)7-4-8-16(10)11(2)12-5-6-13(19-12)14(17)18/h5-6,10-11H,4,7-9H2,1-3H3,(H,17,18). The summed E-state index contributed by atoms with van der Waals surface area (Å²) in [6.07, 6.45) is 1.12. The fourth-order valence-electron chi connectivity index (χ4n) is 2.82. The number of rotatable bonds is 3. The van der Waals surface area contributed by atoms with Crippen molar-refractivity contribution in [2.75, 3.05) is 26.7 Å². The highest BCUT2D eigenvalue weighted by molar-refractivity contribution is 5.84. The van der Waals surface area contributed by atoms with E-state index in [0.29, 0.717) is 6.04 Å². The van der Waals surface area contributed by atoms with Crippen LogP contribution in [0.4, 0.5) is 0 Å². The molecule has 5 nitrogen and oxygen atoms in total. The van der Waals surface area contributed by atoms with Crippen molar-refractivity contribution in [3.63, 3.8) is 0 Å². The molecule has 0 spiro atoms. The molecule has 0 bridgehead atoms. The SMILES string of the molecule is CC1CN(C)CCCN1C(C)c1ccc(C(=O)O)o1. The van der Waals surface area contributed by atoms with Crippen molar-refractivity contribution in [1.29, 1.82) is 0 Å². The molecule has 1 aliphatic rings. The van der Waals surface area contributed by atoms with Gasteiger partial charge in [0.25, 0.3) is 0 Å². The molecule has 1 aromatic rings. The van der Waals surface area contributed by atoms with Gasteiger partial charge in [-0.05, 0) is 46.0 Å². The molecule has 0 saturated carbocycles. The maximum absolute atomic E-state index is 10.9. The van der Waals surface area contributed by atoms with Crippen LogP contribution >= 0.6 is 0 Å². The number of carboxylic acid groups (broad SMARTS) is 1. The van der Waals surface area contributed by atoms with Crippen LogP contribution < -0.4 is 0 Å². The molecular formula is C14H22N2O3. The van der Waals surface area contributed by atoms with E-state index in [4.69, 9.17) is 9.52 Å². The number of likely N-dealkylation sites (N-methyl/N-ethyl adjacent to an activating group) is 1. The lowest BCUT2D eigenvalue weighted by molar-refractivity contribution is 0.0653. The predicted molar refractivity (Wildman–Crippen MR) is 72.4 cm³/mol. The smallest absolute Gasteiger partial charge is 0.371 e. The lowest BCUT2D eigenvalue weighted by atomic mass is 10.1. The average Bonchev–Trinajstić information content (AvgIpc) is 2.77. The molecule has 106 valence electrons. The molecular weight excluding hydrogens is 244 g/mol. The molecule has 19 heavy (non-hydrogen) atoms. The van der Waals surface area contributed by atoms with E-state index >= 15 is 0 Å². The van der Waals surface area contributed by atoms with Gasteiger partial charge in [0.1, 0.15) is 5.76 Å². The van der Waals surface area contributed by atoms with Crippen LogP contribution in [0, 0.1) is 0 Å². The van der Waals surface area contributed by atoms with Gasteiger partial charge in [0, 0.05) is 19.1 Å². The molecule has 2 atom stereocenters.